The fourth-order valence-corrected chi connectivity index (χ4v) is 2.06. The molecule has 0 spiro atoms. The van der Waals surface area contributed by atoms with Crippen LogP contribution in [0.5, 0.6) is 0 Å². The van der Waals surface area contributed by atoms with E-state index in [0.29, 0.717) is 12.8 Å². The molecule has 0 aromatic carbocycles. The van der Waals surface area contributed by atoms with Crippen molar-refractivity contribution in [1.29, 1.82) is 0 Å². The van der Waals surface area contributed by atoms with E-state index in [4.69, 9.17) is 5.73 Å². The zero-order valence-corrected chi connectivity index (χ0v) is 11.4. The summed E-state index contributed by atoms with van der Waals surface area (Å²) in [6, 6.07) is -0.913. The number of nitrogens with one attached hydrogen (secondary N) is 1. The van der Waals surface area contributed by atoms with E-state index in [1.165, 1.54) is 0 Å². The highest BCUT2D eigenvalue weighted by molar-refractivity contribution is 7.98. The minimum atomic E-state index is -0.510. The molecule has 0 saturated heterocycles. The summed E-state index contributed by atoms with van der Waals surface area (Å²) >= 11 is 3.30. The van der Waals surface area contributed by atoms with Crippen LogP contribution in [-0.4, -0.2) is 48.3 Å². The predicted molar refractivity (Wildman–Crippen MR) is 72.0 cm³/mol. The number of rotatable bonds is 9. The van der Waals surface area contributed by atoms with E-state index in [0.717, 1.165) is 17.8 Å². The number of carbonyl (C=O) groups excluding carboxylic acids is 2. The van der Waals surface area contributed by atoms with Gasteiger partial charge in [0.05, 0.1) is 12.1 Å². The third-order valence-electron chi connectivity index (χ3n) is 2.09. The van der Waals surface area contributed by atoms with Crippen molar-refractivity contribution >= 4 is 35.7 Å². The number of nitrogens with two attached hydrogens (primary N) is 1. The van der Waals surface area contributed by atoms with E-state index < -0.39 is 12.1 Å². The molecule has 0 heterocycles. The average Bonchev–Trinajstić information content (AvgIpc) is 2.30. The summed E-state index contributed by atoms with van der Waals surface area (Å²) in [4.78, 5) is 22.3. The van der Waals surface area contributed by atoms with Gasteiger partial charge in [-0.15, -0.1) is 0 Å². The average molecular weight is 264 g/mol. The van der Waals surface area contributed by atoms with Gasteiger partial charge in [0.1, 0.15) is 6.29 Å². The Morgan fingerprint density at radius 3 is 2.38 bits per heavy atom. The molecule has 0 unspecified atom stereocenters. The molecule has 0 fully saturated rings. The Labute approximate surface area is 105 Å². The molecule has 0 aromatic heterocycles. The van der Waals surface area contributed by atoms with Gasteiger partial charge in [-0.1, -0.05) is 0 Å². The van der Waals surface area contributed by atoms with E-state index >= 15 is 0 Å². The first-order valence-electron chi connectivity index (χ1n) is 5.14. The number of hydrogen-bond acceptors (Lipinski definition) is 5. The molecule has 0 rings (SSSR count). The molecule has 1 amide bonds. The quantitative estimate of drug-likeness (QED) is 0.594. The minimum absolute atomic E-state index is 0.229. The maximum absolute atomic E-state index is 11.6. The van der Waals surface area contributed by atoms with Crippen molar-refractivity contribution in [3.05, 3.63) is 0 Å². The lowest BCUT2D eigenvalue weighted by molar-refractivity contribution is -0.125. The third kappa shape index (κ3) is 7.14. The summed E-state index contributed by atoms with van der Waals surface area (Å²) in [7, 11) is 0. The number of hydrogen-bond donors (Lipinski definition) is 2. The second-order valence-corrected chi connectivity index (χ2v) is 5.39. The van der Waals surface area contributed by atoms with E-state index in [9.17, 15) is 9.59 Å². The van der Waals surface area contributed by atoms with Crippen molar-refractivity contribution in [2.45, 2.75) is 24.9 Å². The first-order valence-corrected chi connectivity index (χ1v) is 7.93. The monoisotopic (exact) mass is 264 g/mol. The molecule has 0 aliphatic heterocycles. The lowest BCUT2D eigenvalue weighted by atomic mass is 10.2. The van der Waals surface area contributed by atoms with Crippen molar-refractivity contribution < 1.29 is 9.59 Å². The lowest BCUT2D eigenvalue weighted by Crippen LogP contribution is -2.46. The zero-order valence-electron chi connectivity index (χ0n) is 9.77. The second kappa shape index (κ2) is 9.99. The third-order valence-corrected chi connectivity index (χ3v) is 3.38. The molecule has 94 valence electrons. The molecule has 0 aliphatic rings. The van der Waals surface area contributed by atoms with Crippen LogP contribution in [-0.2, 0) is 9.59 Å². The van der Waals surface area contributed by atoms with E-state index in [1.807, 2.05) is 12.5 Å². The van der Waals surface area contributed by atoms with E-state index in [2.05, 4.69) is 5.32 Å². The van der Waals surface area contributed by atoms with Gasteiger partial charge in [0, 0.05) is 0 Å². The molecule has 3 N–H and O–H groups in total. The molecule has 4 nitrogen and oxygen atoms in total. The first kappa shape index (κ1) is 15.8. The number of aldehydes is 1. The van der Waals surface area contributed by atoms with Crippen LogP contribution in [0.15, 0.2) is 0 Å². The molecule has 0 aromatic rings. The zero-order chi connectivity index (χ0) is 12.4. The molecule has 0 aliphatic carbocycles. The Morgan fingerprint density at radius 2 is 1.88 bits per heavy atom. The summed E-state index contributed by atoms with van der Waals surface area (Å²) in [5.74, 6) is 1.47. The standard InChI is InChI=1S/C10H20N2O2S2/c1-15-5-3-8(7-13)12-10(14)9(11)4-6-16-2/h7-9H,3-6,11H2,1-2H3,(H,12,14)/t8-,9-/m0/s1. The van der Waals surface area contributed by atoms with E-state index in [1.54, 1.807) is 23.5 Å². The minimum Gasteiger partial charge on any atom is -0.345 e. The van der Waals surface area contributed by atoms with Gasteiger partial charge in [-0.2, -0.15) is 23.5 Å². The molecule has 0 radical (unpaired) electrons. The highest BCUT2D eigenvalue weighted by atomic mass is 32.2. The molecular formula is C10H20N2O2S2. The highest BCUT2D eigenvalue weighted by Gasteiger charge is 2.16. The van der Waals surface area contributed by atoms with Crippen molar-refractivity contribution in [3.8, 4) is 0 Å². The predicted octanol–water partition coefficient (Wildman–Crippen LogP) is 0.504. The van der Waals surface area contributed by atoms with Crippen LogP contribution < -0.4 is 11.1 Å². The van der Waals surface area contributed by atoms with Crippen LogP contribution in [0.3, 0.4) is 0 Å². The smallest absolute Gasteiger partial charge is 0.237 e. The van der Waals surface area contributed by atoms with Gasteiger partial charge in [-0.25, -0.2) is 0 Å². The van der Waals surface area contributed by atoms with Gasteiger partial charge >= 0.3 is 0 Å². The first-order chi connectivity index (χ1) is 7.65. The molecular weight excluding hydrogens is 244 g/mol. The topological polar surface area (TPSA) is 72.2 Å². The Morgan fingerprint density at radius 1 is 1.31 bits per heavy atom. The van der Waals surface area contributed by atoms with Gasteiger partial charge in [0.2, 0.25) is 5.91 Å². The van der Waals surface area contributed by atoms with Gasteiger partial charge in [-0.05, 0) is 36.9 Å². The fourth-order valence-electron chi connectivity index (χ4n) is 1.08. The second-order valence-electron chi connectivity index (χ2n) is 3.42. The maximum atomic E-state index is 11.6. The number of thioether (sulfide) groups is 2. The summed E-state index contributed by atoms with van der Waals surface area (Å²) in [6.07, 6.45) is 6.01. The van der Waals surface area contributed by atoms with Crippen molar-refractivity contribution in [1.82, 2.24) is 5.32 Å². The number of carbonyl (C=O) groups is 2. The Bertz CT molecular complexity index is 215. The molecule has 2 atom stereocenters. The van der Waals surface area contributed by atoms with Crippen LogP contribution in [0.1, 0.15) is 12.8 Å². The van der Waals surface area contributed by atoms with E-state index in [-0.39, 0.29) is 5.91 Å². The summed E-state index contributed by atoms with van der Waals surface area (Å²) < 4.78 is 0. The maximum Gasteiger partial charge on any atom is 0.237 e. The molecule has 0 saturated carbocycles. The lowest BCUT2D eigenvalue weighted by Gasteiger charge is -2.16. The Balaban J connectivity index is 3.93. The largest absolute Gasteiger partial charge is 0.345 e. The van der Waals surface area contributed by atoms with Crippen LogP contribution in [0, 0.1) is 0 Å². The molecule has 0 bridgehead atoms. The summed E-state index contributed by atoms with van der Waals surface area (Å²) in [6.45, 7) is 0. The van der Waals surface area contributed by atoms with Crippen molar-refractivity contribution in [2.24, 2.45) is 5.73 Å². The molecule has 16 heavy (non-hydrogen) atoms. The van der Waals surface area contributed by atoms with Crippen molar-refractivity contribution in [2.75, 3.05) is 24.0 Å². The SMILES string of the molecule is CSCC[C@@H](C=O)NC(=O)[C@@H](N)CCSC. The Kier molecular flexibility index (Phi) is 9.86. The van der Waals surface area contributed by atoms with Gasteiger partial charge in [0.25, 0.3) is 0 Å². The van der Waals surface area contributed by atoms with Gasteiger partial charge in [-0.3, -0.25) is 4.79 Å². The Hall–Kier alpha value is -0.200. The highest BCUT2D eigenvalue weighted by Crippen LogP contribution is 2.01. The summed E-state index contributed by atoms with van der Waals surface area (Å²) in [5.41, 5.74) is 5.69. The van der Waals surface area contributed by atoms with Crippen LogP contribution >= 0.6 is 23.5 Å². The normalized spacial score (nSPS) is 14.2. The van der Waals surface area contributed by atoms with Crippen LogP contribution in [0.25, 0.3) is 0 Å². The van der Waals surface area contributed by atoms with Crippen LogP contribution in [0.2, 0.25) is 0 Å². The van der Waals surface area contributed by atoms with Crippen molar-refractivity contribution in [3.63, 3.8) is 0 Å². The van der Waals surface area contributed by atoms with Gasteiger partial charge < -0.3 is 15.8 Å². The van der Waals surface area contributed by atoms with Crippen LogP contribution in [0.4, 0.5) is 0 Å². The summed E-state index contributed by atoms with van der Waals surface area (Å²) in [5, 5.41) is 2.66. The molecule has 6 heteroatoms. The fraction of sp³-hybridized carbons (Fsp3) is 0.800. The number of amides is 1. The van der Waals surface area contributed by atoms with Gasteiger partial charge in [0.15, 0.2) is 0 Å².